The van der Waals surface area contributed by atoms with Crippen molar-refractivity contribution in [2.24, 2.45) is 11.5 Å². The zero-order chi connectivity index (χ0) is 4.73. The molecule has 1 aliphatic carbocycles. The molecule has 2 unspecified atom stereocenters. The van der Waals surface area contributed by atoms with Gasteiger partial charge in [-0.3, -0.25) is 5.41 Å². The van der Waals surface area contributed by atoms with E-state index >= 15 is 0 Å². The van der Waals surface area contributed by atoms with Crippen LogP contribution in [0.2, 0.25) is 0 Å². The van der Waals surface area contributed by atoms with Crippen LogP contribution in [0.3, 0.4) is 0 Å². The van der Waals surface area contributed by atoms with Crippen LogP contribution in [-0.2, 0) is 0 Å². The minimum absolute atomic E-state index is 0.00926. The first-order chi connectivity index (χ1) is 2.73. The normalized spacial score (nSPS) is 43.3. The van der Waals surface area contributed by atoms with E-state index in [1.165, 1.54) is 0 Å². The molecule has 0 aromatic carbocycles. The van der Waals surface area contributed by atoms with Crippen molar-refractivity contribution in [3.05, 3.63) is 0 Å². The van der Waals surface area contributed by atoms with E-state index in [1.54, 1.807) is 0 Å². The summed E-state index contributed by atoms with van der Waals surface area (Å²) in [5.41, 5.74) is 11.2. The predicted octanol–water partition coefficient (Wildman–Crippen LogP) is -3.15. The molecule has 34 valence electrons. The monoisotopic (exact) mass is 86.1 g/mol. The van der Waals surface area contributed by atoms with E-state index in [4.69, 9.17) is 16.9 Å². The summed E-state index contributed by atoms with van der Waals surface area (Å²) in [5, 5.41) is 5.18. The zero-order valence-corrected chi connectivity index (χ0v) is 3.39. The van der Waals surface area contributed by atoms with Gasteiger partial charge >= 0.3 is 0 Å². The van der Waals surface area contributed by atoms with Gasteiger partial charge in [-0.2, -0.15) is 0 Å². The second-order valence-corrected chi connectivity index (χ2v) is 1.55. The highest BCUT2D eigenvalue weighted by atomic mass is 14.9. The predicted molar refractivity (Wildman–Crippen MR) is 22.9 cm³/mol. The number of hydrogen-bond donors (Lipinski definition) is 3. The molecule has 0 aliphatic heterocycles. The molecule has 6 heavy (non-hydrogen) atoms. The van der Waals surface area contributed by atoms with Gasteiger partial charge in [0.2, 0.25) is 0 Å². The Morgan fingerprint density at radius 1 is 1.33 bits per heavy atom. The lowest BCUT2D eigenvalue weighted by atomic mass is 10.7. The van der Waals surface area contributed by atoms with E-state index in [0.717, 1.165) is 5.71 Å². The zero-order valence-electron chi connectivity index (χ0n) is 3.39. The van der Waals surface area contributed by atoms with Gasteiger partial charge in [0.05, 0.1) is 0 Å². The molecule has 1 fully saturated rings. The van der Waals surface area contributed by atoms with Crippen molar-refractivity contribution >= 4 is 5.71 Å². The van der Waals surface area contributed by atoms with Crippen molar-refractivity contribution in [1.82, 2.24) is 0 Å². The minimum atomic E-state index is -0.00926. The van der Waals surface area contributed by atoms with Gasteiger partial charge in [-0.15, -0.1) is 0 Å². The first-order valence-electron chi connectivity index (χ1n) is 1.87. The number of rotatable bonds is 0. The third-order valence-corrected chi connectivity index (χ3v) is 1.05. The standard InChI is InChI=1S/C3H7N3/c4-1-2(5)3(1)6/h1-2,6H,4-5H2/p+1. The maximum Gasteiger partial charge on any atom is 0.187 e. The molecule has 3 nitrogen and oxygen atoms in total. The first-order valence-corrected chi connectivity index (χ1v) is 1.87. The minimum Gasteiger partial charge on any atom is -0.317 e. The van der Waals surface area contributed by atoms with Gasteiger partial charge in [0.1, 0.15) is 12.1 Å². The molecule has 0 heterocycles. The topological polar surface area (TPSA) is 77.6 Å². The van der Waals surface area contributed by atoms with Gasteiger partial charge in [0.15, 0.2) is 5.71 Å². The summed E-state index contributed by atoms with van der Waals surface area (Å²) in [7, 11) is 0. The average molecular weight is 86.1 g/mol. The Kier molecular flexibility index (Phi) is 0.504. The van der Waals surface area contributed by atoms with Crippen molar-refractivity contribution in [3.8, 4) is 0 Å². The molecular weight excluding hydrogens is 78.1 g/mol. The van der Waals surface area contributed by atoms with Crippen LogP contribution in [0.5, 0.6) is 0 Å². The van der Waals surface area contributed by atoms with Gasteiger partial charge in [-0.05, 0) is 0 Å². The lowest BCUT2D eigenvalue weighted by Crippen LogP contribution is -2.35. The molecule has 3 heteroatoms. The van der Waals surface area contributed by atoms with E-state index < -0.39 is 0 Å². The largest absolute Gasteiger partial charge is 0.317 e. The fraction of sp³-hybridized carbons (Fsp3) is 0.667. The summed E-state index contributed by atoms with van der Waals surface area (Å²) in [6.45, 7) is 0. The number of nitrogens with two attached hydrogens (primary N) is 3. The van der Waals surface area contributed by atoms with Crippen molar-refractivity contribution in [2.45, 2.75) is 12.1 Å². The van der Waals surface area contributed by atoms with Crippen LogP contribution in [0.25, 0.3) is 0 Å². The van der Waals surface area contributed by atoms with Crippen molar-refractivity contribution in [2.75, 3.05) is 0 Å². The van der Waals surface area contributed by atoms with Crippen molar-refractivity contribution < 1.29 is 5.41 Å². The molecule has 0 radical (unpaired) electrons. The second kappa shape index (κ2) is 0.802. The third kappa shape index (κ3) is 0.262. The van der Waals surface area contributed by atoms with E-state index in [1.807, 2.05) is 0 Å². The van der Waals surface area contributed by atoms with E-state index in [9.17, 15) is 0 Å². The first kappa shape index (κ1) is 3.77. The molecule has 0 aromatic heterocycles. The molecule has 1 aliphatic rings. The Balaban J connectivity index is 2.51. The van der Waals surface area contributed by atoms with Crippen LogP contribution in [0.15, 0.2) is 0 Å². The molecule has 0 amide bonds. The highest BCUT2D eigenvalue weighted by molar-refractivity contribution is 6.06. The molecule has 0 spiro atoms. The molecular formula is C3H8N3+. The van der Waals surface area contributed by atoms with Gasteiger partial charge in [0.25, 0.3) is 0 Å². The second-order valence-electron chi connectivity index (χ2n) is 1.55. The lowest BCUT2D eigenvalue weighted by Gasteiger charge is -1.64. The van der Waals surface area contributed by atoms with Crippen LogP contribution in [0.1, 0.15) is 0 Å². The van der Waals surface area contributed by atoms with Gasteiger partial charge < -0.3 is 11.5 Å². The van der Waals surface area contributed by atoms with Crippen molar-refractivity contribution in [3.63, 3.8) is 0 Å². The fourth-order valence-corrected chi connectivity index (χ4v) is 0.326. The summed E-state index contributed by atoms with van der Waals surface area (Å²) in [6.07, 6.45) is 0. The van der Waals surface area contributed by atoms with Crippen LogP contribution in [0.4, 0.5) is 0 Å². The highest BCUT2D eigenvalue weighted by Gasteiger charge is 2.44. The number of hydrogen-bond acceptors (Lipinski definition) is 2. The van der Waals surface area contributed by atoms with E-state index in [2.05, 4.69) is 0 Å². The summed E-state index contributed by atoms with van der Waals surface area (Å²) in [6, 6.07) is -0.0185. The van der Waals surface area contributed by atoms with Gasteiger partial charge in [-0.25, -0.2) is 0 Å². The van der Waals surface area contributed by atoms with Gasteiger partial charge in [-0.1, -0.05) is 0 Å². The summed E-state index contributed by atoms with van der Waals surface area (Å²) in [5.74, 6) is 0. The van der Waals surface area contributed by atoms with Gasteiger partial charge in [0, 0.05) is 0 Å². The SMILES string of the molecule is NC1C(=[NH2+])C1N. The Bertz CT molecular complexity index is 78.0. The Labute approximate surface area is 35.8 Å². The lowest BCUT2D eigenvalue weighted by molar-refractivity contribution is -0.110. The maximum absolute atomic E-state index is 5.22. The van der Waals surface area contributed by atoms with E-state index in [-0.39, 0.29) is 12.1 Å². The van der Waals surface area contributed by atoms with Crippen LogP contribution >= 0.6 is 0 Å². The van der Waals surface area contributed by atoms with Crippen molar-refractivity contribution in [1.29, 1.82) is 0 Å². The summed E-state index contributed by atoms with van der Waals surface area (Å²) in [4.78, 5) is 0. The molecule has 0 bridgehead atoms. The maximum atomic E-state index is 5.22. The highest BCUT2D eigenvalue weighted by Crippen LogP contribution is 2.04. The van der Waals surface area contributed by atoms with Crippen LogP contribution in [-0.4, -0.2) is 17.8 Å². The fourth-order valence-electron chi connectivity index (χ4n) is 0.326. The third-order valence-electron chi connectivity index (χ3n) is 1.05. The summed E-state index contributed by atoms with van der Waals surface area (Å²) < 4.78 is 0. The summed E-state index contributed by atoms with van der Waals surface area (Å²) >= 11 is 0. The van der Waals surface area contributed by atoms with E-state index in [0.29, 0.717) is 0 Å². The molecule has 6 N–H and O–H groups in total. The molecule has 1 saturated carbocycles. The Morgan fingerprint density at radius 3 is 1.50 bits per heavy atom. The quantitative estimate of drug-likeness (QED) is 0.291. The van der Waals surface area contributed by atoms with Crippen LogP contribution in [0, 0.1) is 0 Å². The van der Waals surface area contributed by atoms with Crippen LogP contribution < -0.4 is 16.9 Å². The average Bonchev–Trinajstić information content (AvgIpc) is 1.94. The smallest absolute Gasteiger partial charge is 0.187 e. The Hall–Kier alpha value is -0.410. The Morgan fingerprint density at radius 2 is 1.50 bits per heavy atom. The molecule has 1 rings (SSSR count). The molecule has 2 atom stereocenters. The molecule has 0 saturated heterocycles. The molecule has 0 aromatic rings.